The second-order valence-electron chi connectivity index (χ2n) is 21.2. The Morgan fingerprint density at radius 2 is 0.653 bits per heavy atom. The highest BCUT2D eigenvalue weighted by Gasteiger charge is 2.78. The molecule has 0 bridgehead atoms. The molecule has 0 aromatic heterocycles. The molecule has 4 rings (SSSR count). The highest BCUT2D eigenvalue weighted by Crippen LogP contribution is 2.52. The zero-order valence-corrected chi connectivity index (χ0v) is 50.4. The molecule has 98 heavy (non-hydrogen) atoms. The molecule has 4 unspecified atom stereocenters. The van der Waals surface area contributed by atoms with Gasteiger partial charge in [-0.2, -0.15) is 96.6 Å². The fourth-order valence-corrected chi connectivity index (χ4v) is 7.65. The number of alkyl halides is 22. The van der Waals surface area contributed by atoms with Crippen LogP contribution in [0, 0.1) is 0 Å². The van der Waals surface area contributed by atoms with Gasteiger partial charge in [0.15, 0.2) is 12.6 Å². The van der Waals surface area contributed by atoms with Gasteiger partial charge in [-0.25, -0.2) is 18.9 Å². The van der Waals surface area contributed by atoms with E-state index in [0.717, 1.165) is 24.3 Å². The van der Waals surface area contributed by atoms with E-state index in [1.807, 2.05) is 0 Å². The fraction of sp³-hybridized carbons (Fsp3) is 0.586. The third-order valence-corrected chi connectivity index (χ3v) is 12.6. The normalized spacial score (nSPS) is 14.9. The van der Waals surface area contributed by atoms with Crippen LogP contribution in [0.3, 0.4) is 0 Å². The Morgan fingerprint density at radius 3 is 1.03 bits per heavy atom. The maximum Gasteiger partial charge on any atom is 0.453 e. The summed E-state index contributed by atoms with van der Waals surface area (Å²) in [7, 11) is 0. The Balaban J connectivity index is 1.09. The van der Waals surface area contributed by atoms with E-state index in [-0.39, 0.29) is 71.3 Å². The molecule has 0 saturated carbocycles. The largest absolute Gasteiger partial charge is 0.508 e. The Hall–Kier alpha value is -6.02. The van der Waals surface area contributed by atoms with E-state index in [1.165, 1.54) is 72.8 Å². The van der Waals surface area contributed by atoms with Crippen molar-refractivity contribution in [3.63, 3.8) is 0 Å². The van der Waals surface area contributed by atoms with Gasteiger partial charge < -0.3 is 68.5 Å². The second-order valence-corrected chi connectivity index (χ2v) is 21.2. The Bertz CT molecular complexity index is 2980. The van der Waals surface area contributed by atoms with E-state index >= 15 is 0 Å². The van der Waals surface area contributed by atoms with Crippen molar-refractivity contribution >= 4 is 0 Å². The van der Waals surface area contributed by atoms with Crippen LogP contribution < -0.4 is 9.47 Å². The molecular formula is C58H64F22O18. The first-order chi connectivity index (χ1) is 45.2. The third kappa shape index (κ3) is 27.5. The number of phenolic OH excluding ortho intramolecular Hbond substituents is 2. The molecule has 0 radical (unpaired) electrons. The third-order valence-electron chi connectivity index (χ3n) is 12.6. The van der Waals surface area contributed by atoms with Gasteiger partial charge in [0, 0.05) is 0 Å². The number of phenols is 2. The predicted molar refractivity (Wildman–Crippen MR) is 286 cm³/mol. The number of aliphatic hydroxyl groups excluding tert-OH is 4. The lowest BCUT2D eigenvalue weighted by Crippen LogP contribution is -2.62. The summed E-state index contributed by atoms with van der Waals surface area (Å²) in [5, 5.41) is 58.5. The number of benzene rings is 4. The number of hydrogen-bond donors (Lipinski definition) is 6. The highest BCUT2D eigenvalue weighted by molar-refractivity contribution is 5.31. The van der Waals surface area contributed by atoms with E-state index < -0.39 is 157 Å². The van der Waals surface area contributed by atoms with Crippen molar-refractivity contribution in [3.05, 3.63) is 119 Å². The first kappa shape index (κ1) is 84.4. The topological polar surface area (TPSA) is 232 Å². The van der Waals surface area contributed by atoms with Gasteiger partial charge in [0.1, 0.15) is 74.8 Å². The van der Waals surface area contributed by atoms with Gasteiger partial charge in [0.25, 0.3) is 0 Å². The van der Waals surface area contributed by atoms with Gasteiger partial charge in [-0.1, -0.05) is 67.8 Å². The van der Waals surface area contributed by atoms with Gasteiger partial charge in [-0.15, -0.1) is 0 Å². The van der Waals surface area contributed by atoms with Gasteiger partial charge >= 0.3 is 66.6 Å². The van der Waals surface area contributed by atoms with E-state index in [4.69, 9.17) is 18.9 Å². The molecule has 0 heterocycles. The first-order valence-corrected chi connectivity index (χ1v) is 28.4. The monoisotopic (exact) mass is 1470 g/mol. The van der Waals surface area contributed by atoms with Gasteiger partial charge in [-0.3, -0.25) is 0 Å². The molecule has 0 amide bonds. The summed E-state index contributed by atoms with van der Waals surface area (Å²) < 4.78 is 360. The van der Waals surface area contributed by atoms with Crippen molar-refractivity contribution in [2.45, 2.75) is 163 Å². The minimum absolute atomic E-state index is 0.0228. The Morgan fingerprint density at radius 1 is 0.327 bits per heavy atom. The molecule has 18 nitrogen and oxygen atoms in total. The number of aliphatic hydroxyl groups is 4. The summed E-state index contributed by atoms with van der Waals surface area (Å²) in [6.45, 7) is -16.2. The molecule has 4 atom stereocenters. The molecule has 0 saturated heterocycles. The molecule has 0 fully saturated rings. The van der Waals surface area contributed by atoms with Crippen molar-refractivity contribution < 1.29 is 184 Å². The number of unbranched alkanes of at least 4 members (excludes halogenated alkanes) is 4. The zero-order chi connectivity index (χ0) is 73.7. The highest BCUT2D eigenvalue weighted by atomic mass is 19.4. The first-order valence-electron chi connectivity index (χ1n) is 28.4. The van der Waals surface area contributed by atoms with E-state index in [2.05, 4.69) is 37.9 Å². The lowest BCUT2D eigenvalue weighted by Gasteiger charge is -2.36. The lowest BCUT2D eigenvalue weighted by atomic mass is 10.1. The molecule has 0 aliphatic rings. The van der Waals surface area contributed by atoms with Gasteiger partial charge in [-0.05, 0) is 96.5 Å². The molecule has 4 aromatic rings. The van der Waals surface area contributed by atoms with Crippen LogP contribution in [0.2, 0.25) is 0 Å². The maximum absolute atomic E-state index is 14.5. The summed E-state index contributed by atoms with van der Waals surface area (Å²) in [5.41, 5.74) is 0.315. The van der Waals surface area contributed by atoms with Crippen molar-refractivity contribution in [2.75, 3.05) is 52.9 Å². The quantitative estimate of drug-likeness (QED) is 0.0137. The number of halogens is 22. The van der Waals surface area contributed by atoms with Crippen LogP contribution in [0.15, 0.2) is 97.1 Å². The van der Waals surface area contributed by atoms with Crippen LogP contribution in [0.5, 0.6) is 23.0 Å². The lowest BCUT2D eigenvalue weighted by molar-refractivity contribution is -0.537. The zero-order valence-electron chi connectivity index (χ0n) is 50.4. The predicted octanol–water partition coefficient (Wildman–Crippen LogP) is 12.9. The van der Waals surface area contributed by atoms with Crippen LogP contribution in [0.4, 0.5) is 96.6 Å². The van der Waals surface area contributed by atoms with E-state index in [1.54, 1.807) is 0 Å². The molecule has 4 aromatic carbocycles. The molecule has 558 valence electrons. The average molecular weight is 1470 g/mol. The van der Waals surface area contributed by atoms with Crippen molar-refractivity contribution in [1.82, 2.24) is 0 Å². The Kier molecular flexibility index (Phi) is 31.0. The minimum Gasteiger partial charge on any atom is -0.508 e. The summed E-state index contributed by atoms with van der Waals surface area (Å²) in [6, 6.07) is 19.5. The maximum atomic E-state index is 14.5. The smallest absolute Gasteiger partial charge is 0.453 e. The molecule has 0 aliphatic heterocycles. The summed E-state index contributed by atoms with van der Waals surface area (Å²) in [4.78, 5) is 0. The van der Waals surface area contributed by atoms with Gasteiger partial charge in [0.2, 0.25) is 0 Å². The van der Waals surface area contributed by atoms with Crippen molar-refractivity contribution in [2.24, 2.45) is 0 Å². The molecule has 0 spiro atoms. The van der Waals surface area contributed by atoms with E-state index in [0.29, 0.717) is 32.1 Å². The molecular weight excluding hydrogens is 1400 g/mol. The van der Waals surface area contributed by atoms with Crippen LogP contribution in [0.1, 0.15) is 67.2 Å². The second kappa shape index (κ2) is 36.0. The fourth-order valence-electron chi connectivity index (χ4n) is 7.65. The van der Waals surface area contributed by atoms with Crippen molar-refractivity contribution in [3.8, 4) is 23.0 Å². The summed E-state index contributed by atoms with van der Waals surface area (Å²) >= 11 is 0. The molecule has 0 aliphatic carbocycles. The minimum atomic E-state index is -7.25. The average Bonchev–Trinajstić information content (AvgIpc) is 0.757. The van der Waals surface area contributed by atoms with E-state index in [9.17, 15) is 127 Å². The van der Waals surface area contributed by atoms with Crippen LogP contribution in [0.25, 0.3) is 0 Å². The van der Waals surface area contributed by atoms with Gasteiger partial charge in [0.05, 0.1) is 39.6 Å². The summed E-state index contributed by atoms with van der Waals surface area (Å²) in [6.07, 6.45) is -56.2. The standard InChI is InChI=1S/C58H64F22O18/c59-48(60,52(67,68)54(71,72)98-58(79,80)56(75,76)96-51(65,66)35-90-29-43(84)31-92-45-20-16-41(82)17-21-45)32-87-24-36-8-6-10-38(22-36)26-93-46(85)12-4-2-1-3-5-13-47(86)94-27-39-11-7-9-37(23-39)25-88-33-49(61,62)53(69,70)97-57(77,78)55(73,74)95-50(63,64)34-89-28-42(83)30-91-44-18-14-40(81)15-19-44/h6-11,14-23,42-43,46-47,81-86H,1-5,12-13,24-35H2. The number of ether oxygens (including phenoxy) is 12. The van der Waals surface area contributed by atoms with Crippen LogP contribution >= 0.6 is 0 Å². The van der Waals surface area contributed by atoms with Crippen LogP contribution in [-0.4, -0.2) is 175 Å². The van der Waals surface area contributed by atoms with Crippen molar-refractivity contribution in [1.29, 1.82) is 0 Å². The SMILES string of the molecule is Oc1ccc(OCC(O)COCC(F)(F)OC(F)(F)C(F)(F)OC(F)(F)C(F)(F)COCc2cccc(COC(O)CCCCCCCC(O)OCc3cccc(COCC(F)(F)C(F)(F)C(F)(F)OC(F)(F)C(F)(F)OC(F)(F)COCC(O)COc4ccc(O)cc4)c3)c2)cc1. The number of hydrogen-bond acceptors (Lipinski definition) is 18. The molecule has 6 N–H and O–H groups in total. The van der Waals surface area contributed by atoms with Crippen LogP contribution in [-0.2, 0) is 73.8 Å². The number of rotatable bonds is 49. The summed E-state index contributed by atoms with van der Waals surface area (Å²) in [5.74, 6) is -19.4. The molecule has 40 heteroatoms. The Labute approximate surface area is 541 Å². The number of aromatic hydroxyl groups is 2.